The minimum absolute atomic E-state index is 0.171. The summed E-state index contributed by atoms with van der Waals surface area (Å²) in [6.45, 7) is 1.32. The lowest BCUT2D eigenvalue weighted by Gasteiger charge is -2.09. The van der Waals surface area contributed by atoms with Gasteiger partial charge in [-0.25, -0.2) is 5.43 Å². The molecule has 6 heteroatoms. The maximum atomic E-state index is 12.3. The Bertz CT molecular complexity index is 841. The van der Waals surface area contributed by atoms with Crippen LogP contribution in [0, 0.1) is 5.41 Å². The third-order valence-electron chi connectivity index (χ3n) is 4.73. The first-order chi connectivity index (χ1) is 12.7. The Kier molecular flexibility index (Phi) is 4.24. The van der Waals surface area contributed by atoms with Gasteiger partial charge in [-0.1, -0.05) is 0 Å². The molecule has 0 radical (unpaired) electrons. The van der Waals surface area contributed by atoms with E-state index in [1.54, 1.807) is 31.5 Å². The van der Waals surface area contributed by atoms with Crippen LogP contribution in [0.1, 0.15) is 28.8 Å². The highest BCUT2D eigenvalue weighted by molar-refractivity contribution is 5.95. The smallest absolute Gasteiger partial charge is 0.271 e. The number of nitrogens with one attached hydrogen (secondary N) is 1. The third-order valence-corrected chi connectivity index (χ3v) is 4.73. The van der Waals surface area contributed by atoms with E-state index in [2.05, 4.69) is 10.5 Å². The van der Waals surface area contributed by atoms with Crippen LogP contribution in [0.15, 0.2) is 47.6 Å². The lowest BCUT2D eigenvalue weighted by molar-refractivity contribution is 0.0954. The van der Waals surface area contributed by atoms with Gasteiger partial charge < -0.3 is 14.2 Å². The Morgan fingerprint density at radius 3 is 2.54 bits per heavy atom. The van der Waals surface area contributed by atoms with Gasteiger partial charge in [-0.05, 0) is 60.9 Å². The van der Waals surface area contributed by atoms with E-state index in [-0.39, 0.29) is 11.3 Å². The summed E-state index contributed by atoms with van der Waals surface area (Å²) in [4.78, 5) is 12.3. The molecule has 2 aromatic rings. The Hall–Kier alpha value is -3.02. The zero-order valence-corrected chi connectivity index (χ0v) is 14.5. The van der Waals surface area contributed by atoms with Gasteiger partial charge in [-0.15, -0.1) is 0 Å². The summed E-state index contributed by atoms with van der Waals surface area (Å²) in [5.74, 6) is 1.77. The first-order valence-corrected chi connectivity index (χ1v) is 8.55. The molecule has 0 atom stereocenters. The lowest BCUT2D eigenvalue weighted by Crippen LogP contribution is -2.18. The van der Waals surface area contributed by atoms with Crippen molar-refractivity contribution in [2.45, 2.75) is 12.8 Å². The predicted octanol–water partition coefficient (Wildman–Crippen LogP) is 3.01. The molecule has 134 valence electrons. The minimum atomic E-state index is -0.299. The molecule has 0 unspecified atom stereocenters. The van der Waals surface area contributed by atoms with E-state index in [0.717, 1.165) is 24.2 Å². The second-order valence-electron chi connectivity index (χ2n) is 6.71. The van der Waals surface area contributed by atoms with Crippen molar-refractivity contribution in [2.75, 3.05) is 20.3 Å². The normalized spacial score (nSPS) is 17.0. The van der Waals surface area contributed by atoms with Gasteiger partial charge in [-0.2, -0.15) is 5.10 Å². The van der Waals surface area contributed by atoms with Crippen LogP contribution in [0.3, 0.4) is 0 Å². The van der Waals surface area contributed by atoms with E-state index < -0.39 is 0 Å². The van der Waals surface area contributed by atoms with Crippen molar-refractivity contribution in [1.82, 2.24) is 5.43 Å². The molecule has 1 amide bonds. The number of fused-ring (bicyclic) bond motifs is 1. The van der Waals surface area contributed by atoms with Crippen LogP contribution in [0.5, 0.6) is 17.2 Å². The molecule has 1 heterocycles. The zero-order chi connectivity index (χ0) is 18.0. The molecule has 1 saturated carbocycles. The SMILES string of the molecule is COc1ccc(/C=N\NC(=O)c2ccc3c(c2)OCC2(CC2)CO3)cc1. The molecular weight excluding hydrogens is 332 g/mol. The summed E-state index contributed by atoms with van der Waals surface area (Å²) in [5, 5.41) is 4.00. The number of rotatable bonds is 4. The molecule has 2 aliphatic rings. The monoisotopic (exact) mass is 352 g/mol. The Morgan fingerprint density at radius 2 is 1.85 bits per heavy atom. The molecule has 1 aliphatic carbocycles. The maximum Gasteiger partial charge on any atom is 0.271 e. The van der Waals surface area contributed by atoms with Gasteiger partial charge in [-0.3, -0.25) is 4.79 Å². The molecule has 1 spiro atoms. The fourth-order valence-electron chi connectivity index (χ4n) is 2.77. The molecule has 26 heavy (non-hydrogen) atoms. The zero-order valence-electron chi connectivity index (χ0n) is 14.5. The van der Waals surface area contributed by atoms with E-state index >= 15 is 0 Å². The van der Waals surface area contributed by atoms with Crippen molar-refractivity contribution in [2.24, 2.45) is 10.5 Å². The van der Waals surface area contributed by atoms with Gasteiger partial charge in [0.25, 0.3) is 5.91 Å². The van der Waals surface area contributed by atoms with Gasteiger partial charge in [0.1, 0.15) is 5.75 Å². The predicted molar refractivity (Wildman–Crippen MR) is 97.2 cm³/mol. The molecule has 1 N–H and O–H groups in total. The largest absolute Gasteiger partial charge is 0.497 e. The van der Waals surface area contributed by atoms with E-state index in [1.807, 2.05) is 24.3 Å². The number of methoxy groups -OCH3 is 1. The summed E-state index contributed by atoms with van der Waals surface area (Å²) < 4.78 is 16.8. The number of benzene rings is 2. The highest BCUT2D eigenvalue weighted by Gasteiger charge is 2.46. The topological polar surface area (TPSA) is 69.2 Å². The summed E-state index contributed by atoms with van der Waals surface area (Å²) in [7, 11) is 1.61. The van der Waals surface area contributed by atoms with Crippen LogP contribution in [0.25, 0.3) is 0 Å². The lowest BCUT2D eigenvalue weighted by atomic mass is 10.1. The number of ether oxygens (including phenoxy) is 3. The fraction of sp³-hybridized carbons (Fsp3) is 0.300. The molecule has 4 rings (SSSR count). The molecule has 0 saturated heterocycles. The van der Waals surface area contributed by atoms with Crippen LogP contribution in [0.4, 0.5) is 0 Å². The number of carbonyl (C=O) groups is 1. The van der Waals surface area contributed by atoms with E-state index in [9.17, 15) is 4.79 Å². The van der Waals surface area contributed by atoms with Gasteiger partial charge in [0.15, 0.2) is 11.5 Å². The number of hydrazone groups is 1. The average molecular weight is 352 g/mol. The molecule has 0 aromatic heterocycles. The van der Waals surface area contributed by atoms with Crippen molar-refractivity contribution in [3.63, 3.8) is 0 Å². The number of nitrogens with zero attached hydrogens (tertiary/aromatic N) is 1. The summed E-state index contributed by atoms with van der Waals surface area (Å²) in [6.07, 6.45) is 3.85. The minimum Gasteiger partial charge on any atom is -0.497 e. The van der Waals surface area contributed by atoms with E-state index in [1.165, 1.54) is 0 Å². The molecule has 1 fully saturated rings. The quantitative estimate of drug-likeness (QED) is 0.678. The average Bonchev–Trinajstić information content (AvgIpc) is 3.48. The molecule has 2 aromatic carbocycles. The standard InChI is InChI=1S/C20H20N2O4/c1-24-16-5-2-14(3-6-16)11-21-22-19(23)15-4-7-17-18(10-15)26-13-20(8-9-20)12-25-17/h2-7,10-11H,8-9,12-13H2,1H3,(H,22,23)/b21-11-. The third kappa shape index (κ3) is 3.49. The van der Waals surface area contributed by atoms with Gasteiger partial charge in [0.05, 0.1) is 26.5 Å². The number of hydrogen-bond donors (Lipinski definition) is 1. The summed E-state index contributed by atoms with van der Waals surface area (Å²) >= 11 is 0. The fourth-order valence-corrected chi connectivity index (χ4v) is 2.77. The van der Waals surface area contributed by atoms with Crippen LogP contribution in [-0.4, -0.2) is 32.4 Å². The number of amides is 1. The maximum absolute atomic E-state index is 12.3. The van der Waals surface area contributed by atoms with Crippen LogP contribution in [-0.2, 0) is 0 Å². The van der Waals surface area contributed by atoms with Crippen molar-refractivity contribution < 1.29 is 19.0 Å². The Balaban J connectivity index is 1.40. The van der Waals surface area contributed by atoms with Gasteiger partial charge >= 0.3 is 0 Å². The second-order valence-corrected chi connectivity index (χ2v) is 6.71. The Morgan fingerprint density at radius 1 is 1.12 bits per heavy atom. The highest BCUT2D eigenvalue weighted by Crippen LogP contribution is 2.49. The molecular formula is C20H20N2O4. The summed E-state index contributed by atoms with van der Waals surface area (Å²) in [6, 6.07) is 12.6. The number of carbonyl (C=O) groups excluding carboxylic acids is 1. The first kappa shape index (κ1) is 16.4. The van der Waals surface area contributed by atoms with Gasteiger partial charge in [0, 0.05) is 11.0 Å². The van der Waals surface area contributed by atoms with Gasteiger partial charge in [0.2, 0.25) is 0 Å². The van der Waals surface area contributed by atoms with E-state index in [0.29, 0.717) is 30.3 Å². The molecule has 0 bridgehead atoms. The molecule has 1 aliphatic heterocycles. The van der Waals surface area contributed by atoms with Crippen LogP contribution >= 0.6 is 0 Å². The van der Waals surface area contributed by atoms with Crippen molar-refractivity contribution >= 4 is 12.1 Å². The number of hydrogen-bond acceptors (Lipinski definition) is 5. The van der Waals surface area contributed by atoms with Crippen molar-refractivity contribution in [3.05, 3.63) is 53.6 Å². The first-order valence-electron chi connectivity index (χ1n) is 8.55. The summed E-state index contributed by atoms with van der Waals surface area (Å²) in [5.41, 5.74) is 4.04. The van der Waals surface area contributed by atoms with Crippen LogP contribution in [0.2, 0.25) is 0 Å². The van der Waals surface area contributed by atoms with Crippen molar-refractivity contribution in [3.8, 4) is 17.2 Å². The van der Waals surface area contributed by atoms with Crippen molar-refractivity contribution in [1.29, 1.82) is 0 Å². The second kappa shape index (κ2) is 6.71. The Labute approximate surface area is 151 Å². The van der Waals surface area contributed by atoms with Crippen LogP contribution < -0.4 is 19.6 Å². The molecule has 6 nitrogen and oxygen atoms in total. The highest BCUT2D eigenvalue weighted by atomic mass is 16.5. The van der Waals surface area contributed by atoms with E-state index in [4.69, 9.17) is 14.2 Å².